The van der Waals surface area contributed by atoms with Gasteiger partial charge >= 0.3 is 5.97 Å². The van der Waals surface area contributed by atoms with Gasteiger partial charge in [-0.2, -0.15) is 0 Å². The van der Waals surface area contributed by atoms with E-state index in [-0.39, 0.29) is 42.3 Å². The van der Waals surface area contributed by atoms with Crippen LogP contribution < -0.4 is 14.4 Å². The van der Waals surface area contributed by atoms with Crippen molar-refractivity contribution in [2.24, 2.45) is 0 Å². The van der Waals surface area contributed by atoms with Crippen molar-refractivity contribution in [3.63, 3.8) is 0 Å². The number of ether oxygens (including phenoxy) is 2. The van der Waals surface area contributed by atoms with E-state index in [9.17, 15) is 27.5 Å². The zero-order chi connectivity index (χ0) is 26.7. The standard InChI is InChI=1S/C25H31FN2O7S/c1-16(29)24(31)27-12-11-19-15-28(36(32,33)20-8-6-18(26)7-9-20)21-13-17(5-10-22(21)34-19)14-23(30)35-25(2,3)4/h5-10,13,16,19,29H,11-12,14-15H2,1-4H3,(H,27,31)/t16?,19-/m0/s1. The monoisotopic (exact) mass is 522 g/mol. The summed E-state index contributed by atoms with van der Waals surface area (Å²) >= 11 is 0. The van der Waals surface area contributed by atoms with Gasteiger partial charge in [-0.3, -0.25) is 13.9 Å². The first-order valence-electron chi connectivity index (χ1n) is 11.5. The predicted molar refractivity (Wildman–Crippen MR) is 131 cm³/mol. The fourth-order valence-corrected chi connectivity index (χ4v) is 5.13. The summed E-state index contributed by atoms with van der Waals surface area (Å²) in [6.45, 7) is 6.69. The molecule has 1 aliphatic heterocycles. The number of esters is 1. The molecule has 2 aromatic carbocycles. The molecule has 1 amide bonds. The summed E-state index contributed by atoms with van der Waals surface area (Å²) in [6, 6.07) is 9.30. The number of aliphatic hydroxyl groups is 1. The van der Waals surface area contributed by atoms with Gasteiger partial charge in [0.05, 0.1) is 23.5 Å². The molecule has 36 heavy (non-hydrogen) atoms. The Balaban J connectivity index is 1.91. The van der Waals surface area contributed by atoms with E-state index >= 15 is 0 Å². The summed E-state index contributed by atoms with van der Waals surface area (Å²) in [5.41, 5.74) is 0.112. The second-order valence-corrected chi connectivity index (χ2v) is 11.4. The molecule has 9 nitrogen and oxygen atoms in total. The summed E-state index contributed by atoms with van der Waals surface area (Å²) in [5, 5.41) is 11.9. The van der Waals surface area contributed by atoms with Gasteiger partial charge in [0, 0.05) is 13.0 Å². The van der Waals surface area contributed by atoms with Crippen LogP contribution in [0.3, 0.4) is 0 Å². The number of amides is 1. The maximum absolute atomic E-state index is 13.6. The minimum Gasteiger partial charge on any atom is -0.486 e. The molecule has 0 saturated heterocycles. The summed E-state index contributed by atoms with van der Waals surface area (Å²) in [5.74, 6) is -1.29. The lowest BCUT2D eigenvalue weighted by Gasteiger charge is -2.36. The van der Waals surface area contributed by atoms with Gasteiger partial charge in [-0.25, -0.2) is 12.8 Å². The van der Waals surface area contributed by atoms with Gasteiger partial charge in [0.1, 0.15) is 29.4 Å². The van der Waals surface area contributed by atoms with Crippen molar-refractivity contribution >= 4 is 27.6 Å². The average Bonchev–Trinajstić information content (AvgIpc) is 2.77. The third kappa shape index (κ3) is 6.94. The molecule has 2 aromatic rings. The first kappa shape index (κ1) is 27.4. The lowest BCUT2D eigenvalue weighted by atomic mass is 10.1. The third-order valence-corrected chi connectivity index (χ3v) is 7.06. The Morgan fingerprint density at radius 2 is 1.89 bits per heavy atom. The van der Waals surface area contributed by atoms with Crippen LogP contribution in [0.15, 0.2) is 47.4 Å². The number of hydrogen-bond acceptors (Lipinski definition) is 7. The van der Waals surface area contributed by atoms with Crippen molar-refractivity contribution in [1.29, 1.82) is 0 Å². The number of hydrogen-bond donors (Lipinski definition) is 2. The van der Waals surface area contributed by atoms with Crippen LogP contribution in [-0.2, 0) is 30.8 Å². The maximum Gasteiger partial charge on any atom is 0.310 e. The summed E-state index contributed by atoms with van der Waals surface area (Å²) in [4.78, 5) is 23.9. The molecule has 0 saturated carbocycles. The molecule has 2 atom stereocenters. The summed E-state index contributed by atoms with van der Waals surface area (Å²) in [7, 11) is -4.11. The van der Waals surface area contributed by atoms with E-state index in [1.165, 1.54) is 23.4 Å². The van der Waals surface area contributed by atoms with E-state index in [2.05, 4.69) is 5.32 Å². The van der Waals surface area contributed by atoms with E-state index < -0.39 is 45.5 Å². The molecule has 1 heterocycles. The van der Waals surface area contributed by atoms with Crippen LogP contribution in [-0.4, -0.2) is 56.3 Å². The number of carbonyl (C=O) groups excluding carboxylic acids is 2. The van der Waals surface area contributed by atoms with Gasteiger partial charge in [0.25, 0.3) is 10.0 Å². The minimum absolute atomic E-state index is 0.0657. The van der Waals surface area contributed by atoms with E-state index in [1.807, 2.05) is 0 Å². The molecular formula is C25H31FN2O7S. The van der Waals surface area contributed by atoms with Gasteiger partial charge in [-0.15, -0.1) is 0 Å². The Hall–Kier alpha value is -3.18. The number of nitrogens with zero attached hydrogens (tertiary/aromatic N) is 1. The van der Waals surface area contributed by atoms with E-state index in [0.717, 1.165) is 12.1 Å². The van der Waals surface area contributed by atoms with Crippen LogP contribution in [0, 0.1) is 5.82 Å². The van der Waals surface area contributed by atoms with Crippen molar-refractivity contribution in [1.82, 2.24) is 5.32 Å². The molecule has 0 fully saturated rings. The number of rotatable bonds is 8. The van der Waals surface area contributed by atoms with Gasteiger partial charge in [0.2, 0.25) is 5.91 Å². The second-order valence-electron chi connectivity index (χ2n) is 9.55. The van der Waals surface area contributed by atoms with Crippen LogP contribution in [0.5, 0.6) is 5.75 Å². The Kier molecular flexibility index (Phi) is 8.25. The van der Waals surface area contributed by atoms with Crippen molar-refractivity contribution in [3.8, 4) is 5.75 Å². The Morgan fingerprint density at radius 1 is 1.22 bits per heavy atom. The first-order valence-corrected chi connectivity index (χ1v) is 13.0. The number of aliphatic hydroxyl groups excluding tert-OH is 1. The fraction of sp³-hybridized carbons (Fsp3) is 0.440. The molecule has 0 radical (unpaired) electrons. The fourth-order valence-electron chi connectivity index (χ4n) is 3.63. The summed E-state index contributed by atoms with van der Waals surface area (Å²) < 4.78 is 53.1. The molecule has 1 aliphatic rings. The SMILES string of the molecule is CC(O)C(=O)NCC[C@H]1CN(S(=O)(=O)c2ccc(F)cc2)c2cc(CC(=O)OC(C)(C)C)ccc2O1. The predicted octanol–water partition coefficient (Wildman–Crippen LogP) is 2.55. The largest absolute Gasteiger partial charge is 0.486 e. The molecular weight excluding hydrogens is 491 g/mol. The molecule has 2 N–H and O–H groups in total. The van der Waals surface area contributed by atoms with Crippen LogP contribution in [0.1, 0.15) is 39.7 Å². The molecule has 0 aromatic heterocycles. The lowest BCUT2D eigenvalue weighted by Crippen LogP contribution is -2.45. The quantitative estimate of drug-likeness (QED) is 0.511. The highest BCUT2D eigenvalue weighted by atomic mass is 32.2. The minimum atomic E-state index is -4.11. The highest BCUT2D eigenvalue weighted by Gasteiger charge is 2.35. The Bertz CT molecular complexity index is 1210. The van der Waals surface area contributed by atoms with Crippen LogP contribution >= 0.6 is 0 Å². The van der Waals surface area contributed by atoms with E-state index in [0.29, 0.717) is 5.56 Å². The zero-order valence-corrected chi connectivity index (χ0v) is 21.5. The smallest absolute Gasteiger partial charge is 0.310 e. The normalized spacial score (nSPS) is 16.5. The number of fused-ring (bicyclic) bond motifs is 1. The number of sulfonamides is 1. The number of halogens is 1. The molecule has 0 spiro atoms. The lowest BCUT2D eigenvalue weighted by molar-refractivity contribution is -0.153. The van der Waals surface area contributed by atoms with Gasteiger partial charge in [0.15, 0.2) is 0 Å². The van der Waals surface area contributed by atoms with Gasteiger partial charge in [-0.1, -0.05) is 6.07 Å². The van der Waals surface area contributed by atoms with Crippen LogP contribution in [0.2, 0.25) is 0 Å². The average molecular weight is 523 g/mol. The van der Waals surface area contributed by atoms with Crippen molar-refractivity contribution in [3.05, 3.63) is 53.8 Å². The molecule has 11 heteroatoms. The Labute approximate surface area is 210 Å². The number of benzene rings is 2. The van der Waals surface area contributed by atoms with Gasteiger partial charge in [-0.05, 0) is 69.7 Å². The van der Waals surface area contributed by atoms with Crippen molar-refractivity contribution < 1.29 is 37.0 Å². The topological polar surface area (TPSA) is 122 Å². The number of anilines is 1. The summed E-state index contributed by atoms with van der Waals surface area (Å²) in [6.07, 6.45) is -1.58. The van der Waals surface area contributed by atoms with Gasteiger partial charge < -0.3 is 19.9 Å². The molecule has 3 rings (SSSR count). The highest BCUT2D eigenvalue weighted by Crippen LogP contribution is 2.38. The first-order chi connectivity index (χ1) is 16.8. The van der Waals surface area contributed by atoms with E-state index in [1.54, 1.807) is 39.0 Å². The maximum atomic E-state index is 13.6. The Morgan fingerprint density at radius 3 is 2.50 bits per heavy atom. The molecule has 1 unspecified atom stereocenters. The molecule has 0 aliphatic carbocycles. The number of carbonyl (C=O) groups is 2. The number of nitrogens with one attached hydrogen (secondary N) is 1. The zero-order valence-electron chi connectivity index (χ0n) is 20.7. The third-order valence-electron chi connectivity index (χ3n) is 5.27. The molecule has 196 valence electrons. The van der Waals surface area contributed by atoms with Crippen LogP contribution in [0.4, 0.5) is 10.1 Å². The highest BCUT2D eigenvalue weighted by molar-refractivity contribution is 7.92. The second kappa shape index (κ2) is 10.8. The van der Waals surface area contributed by atoms with Crippen molar-refractivity contribution in [2.45, 2.75) is 63.2 Å². The van der Waals surface area contributed by atoms with E-state index in [4.69, 9.17) is 9.47 Å². The molecule has 0 bridgehead atoms. The van der Waals surface area contributed by atoms with Crippen molar-refractivity contribution in [2.75, 3.05) is 17.4 Å². The van der Waals surface area contributed by atoms with Crippen LogP contribution in [0.25, 0.3) is 0 Å².